The lowest BCUT2D eigenvalue weighted by molar-refractivity contribution is -0.119. The largest absolute Gasteiger partial charge is 0.497 e. The summed E-state index contributed by atoms with van der Waals surface area (Å²) in [5, 5.41) is 0.424. The van der Waals surface area contributed by atoms with E-state index < -0.39 is 11.5 Å². The van der Waals surface area contributed by atoms with E-state index >= 15 is 0 Å². The fraction of sp³-hybridized carbons (Fsp3) is 0.118. The van der Waals surface area contributed by atoms with Gasteiger partial charge in [0.1, 0.15) is 11.5 Å². The van der Waals surface area contributed by atoms with Crippen molar-refractivity contribution in [2.75, 3.05) is 19.1 Å². The third-order valence-electron chi connectivity index (χ3n) is 3.47. The van der Waals surface area contributed by atoms with Crippen molar-refractivity contribution < 1.29 is 14.3 Å². The van der Waals surface area contributed by atoms with Gasteiger partial charge in [0.2, 0.25) is 0 Å². The third-order valence-corrected chi connectivity index (χ3v) is 3.76. The van der Waals surface area contributed by atoms with Crippen LogP contribution in [0.2, 0.25) is 0 Å². The summed E-state index contributed by atoms with van der Waals surface area (Å²) in [6, 6.07) is 13.7. The summed E-state index contributed by atoms with van der Waals surface area (Å²) >= 11 is 5.13. The molecule has 0 saturated carbocycles. The Bertz CT molecular complexity index is 1020. The molecule has 1 heterocycles. The molecule has 8 heteroatoms. The summed E-state index contributed by atoms with van der Waals surface area (Å²) in [4.78, 5) is 27.4. The molecule has 0 aliphatic rings. The number of carbonyl (C=O) groups is 1. The first-order valence-electron chi connectivity index (χ1n) is 7.39. The summed E-state index contributed by atoms with van der Waals surface area (Å²) in [7, 11) is 1.56. The lowest BCUT2D eigenvalue weighted by Gasteiger charge is -2.10. The minimum atomic E-state index is -0.507. The van der Waals surface area contributed by atoms with E-state index in [1.807, 2.05) is 0 Å². The Hall–Kier alpha value is -3.13. The van der Waals surface area contributed by atoms with Crippen LogP contribution in [0.4, 0.5) is 0 Å². The Balaban J connectivity index is 1.73. The van der Waals surface area contributed by atoms with Gasteiger partial charge in [-0.1, -0.05) is 12.1 Å². The Morgan fingerprint density at radius 2 is 1.84 bits per heavy atom. The number of aromatic amines is 1. The number of methoxy groups -OCH3 is 1. The number of aromatic nitrogens is 2. The number of ether oxygens (including phenoxy) is 2. The zero-order chi connectivity index (χ0) is 17.8. The molecule has 0 aliphatic heterocycles. The number of H-pyrrole nitrogens is 1. The van der Waals surface area contributed by atoms with Crippen molar-refractivity contribution in [3.05, 3.63) is 63.7 Å². The first-order valence-corrected chi connectivity index (χ1v) is 7.80. The summed E-state index contributed by atoms with van der Waals surface area (Å²) in [6.07, 6.45) is 0. The van der Waals surface area contributed by atoms with E-state index in [1.54, 1.807) is 55.6 Å². The molecular formula is C17H15N3O4S. The number of amides is 1. The Kier molecular flexibility index (Phi) is 4.80. The SMILES string of the molecule is COc1ccc(OCC(=O)Nn2c(=S)[nH]c3ccccc3c2=O)cc1. The van der Waals surface area contributed by atoms with Gasteiger partial charge in [0, 0.05) is 0 Å². The first-order chi connectivity index (χ1) is 12.1. The van der Waals surface area contributed by atoms with Gasteiger partial charge in [-0.3, -0.25) is 15.0 Å². The van der Waals surface area contributed by atoms with E-state index in [0.29, 0.717) is 22.4 Å². The maximum absolute atomic E-state index is 12.4. The highest BCUT2D eigenvalue weighted by Gasteiger charge is 2.09. The topological polar surface area (TPSA) is 85.3 Å². The van der Waals surface area contributed by atoms with E-state index in [0.717, 1.165) is 4.68 Å². The number of carbonyl (C=O) groups excluding carboxylic acids is 1. The smallest absolute Gasteiger partial charge is 0.281 e. The van der Waals surface area contributed by atoms with Crippen LogP contribution in [-0.4, -0.2) is 29.3 Å². The molecule has 0 saturated heterocycles. The summed E-state index contributed by atoms with van der Waals surface area (Å²) in [6.45, 7) is -0.264. The number of nitrogens with one attached hydrogen (secondary N) is 2. The molecule has 7 nitrogen and oxygen atoms in total. The maximum atomic E-state index is 12.4. The van der Waals surface area contributed by atoms with Crippen LogP contribution < -0.4 is 20.5 Å². The van der Waals surface area contributed by atoms with Crippen molar-refractivity contribution in [3.8, 4) is 11.5 Å². The highest BCUT2D eigenvalue weighted by Crippen LogP contribution is 2.16. The van der Waals surface area contributed by atoms with Crippen molar-refractivity contribution in [3.63, 3.8) is 0 Å². The highest BCUT2D eigenvalue weighted by molar-refractivity contribution is 7.71. The average molecular weight is 357 g/mol. The van der Waals surface area contributed by atoms with Crippen LogP contribution in [0.25, 0.3) is 10.9 Å². The molecule has 128 valence electrons. The van der Waals surface area contributed by atoms with Gasteiger partial charge in [-0.2, -0.15) is 4.68 Å². The number of hydrogen-bond acceptors (Lipinski definition) is 5. The fourth-order valence-electron chi connectivity index (χ4n) is 2.24. The molecule has 0 spiro atoms. The van der Waals surface area contributed by atoms with Crippen LogP contribution in [-0.2, 0) is 4.79 Å². The molecule has 25 heavy (non-hydrogen) atoms. The molecule has 1 aromatic heterocycles. The molecule has 3 aromatic rings. The third kappa shape index (κ3) is 3.69. The van der Waals surface area contributed by atoms with Crippen LogP contribution in [0.3, 0.4) is 0 Å². The maximum Gasteiger partial charge on any atom is 0.281 e. The number of hydrogen-bond donors (Lipinski definition) is 2. The van der Waals surface area contributed by atoms with E-state index in [9.17, 15) is 9.59 Å². The van der Waals surface area contributed by atoms with Crippen molar-refractivity contribution in [1.82, 2.24) is 9.66 Å². The molecular weight excluding hydrogens is 342 g/mol. The lowest BCUT2D eigenvalue weighted by Crippen LogP contribution is -2.36. The second-order valence-electron chi connectivity index (χ2n) is 5.12. The number of benzene rings is 2. The molecule has 0 atom stereocenters. The van der Waals surface area contributed by atoms with Gasteiger partial charge in [-0.25, -0.2) is 0 Å². The van der Waals surface area contributed by atoms with Crippen molar-refractivity contribution in [2.45, 2.75) is 0 Å². The van der Waals surface area contributed by atoms with Crippen LogP contribution in [0, 0.1) is 4.77 Å². The quantitative estimate of drug-likeness (QED) is 0.684. The van der Waals surface area contributed by atoms with E-state index in [-0.39, 0.29) is 11.4 Å². The van der Waals surface area contributed by atoms with E-state index in [2.05, 4.69) is 10.4 Å². The van der Waals surface area contributed by atoms with Crippen molar-refractivity contribution in [2.24, 2.45) is 0 Å². The fourth-order valence-corrected chi connectivity index (χ4v) is 2.48. The molecule has 3 rings (SSSR count). The zero-order valence-electron chi connectivity index (χ0n) is 13.3. The van der Waals surface area contributed by atoms with Gasteiger partial charge in [0.15, 0.2) is 11.4 Å². The minimum absolute atomic E-state index is 0.0986. The monoisotopic (exact) mass is 357 g/mol. The first kappa shape index (κ1) is 16.7. The molecule has 0 radical (unpaired) electrons. The second-order valence-corrected chi connectivity index (χ2v) is 5.50. The lowest BCUT2D eigenvalue weighted by atomic mass is 10.2. The zero-order valence-corrected chi connectivity index (χ0v) is 14.1. The Morgan fingerprint density at radius 1 is 1.16 bits per heavy atom. The van der Waals surface area contributed by atoms with Crippen LogP contribution in [0.5, 0.6) is 11.5 Å². The number of para-hydroxylation sites is 1. The molecule has 2 aromatic carbocycles. The van der Waals surface area contributed by atoms with Crippen LogP contribution in [0.1, 0.15) is 0 Å². The van der Waals surface area contributed by atoms with E-state index in [4.69, 9.17) is 21.7 Å². The predicted octanol–water partition coefficient (Wildman–Crippen LogP) is 2.22. The molecule has 0 unspecified atom stereocenters. The number of fused-ring (bicyclic) bond motifs is 1. The van der Waals surface area contributed by atoms with Crippen molar-refractivity contribution >= 4 is 29.0 Å². The molecule has 0 bridgehead atoms. The van der Waals surface area contributed by atoms with Gasteiger partial charge in [0.25, 0.3) is 11.5 Å². The molecule has 0 fully saturated rings. The summed E-state index contributed by atoms with van der Waals surface area (Å²) in [5.41, 5.74) is 2.65. The van der Waals surface area contributed by atoms with Gasteiger partial charge < -0.3 is 14.5 Å². The van der Waals surface area contributed by atoms with Crippen LogP contribution in [0.15, 0.2) is 53.3 Å². The highest BCUT2D eigenvalue weighted by atomic mass is 32.1. The standard InChI is InChI=1S/C17H15N3O4S/c1-23-11-6-8-12(9-7-11)24-10-15(21)19-20-16(22)13-4-2-3-5-14(13)18-17(20)25/h2-9H,10H2,1H3,(H,18,25)(H,19,21). The van der Waals surface area contributed by atoms with Crippen molar-refractivity contribution in [1.29, 1.82) is 0 Å². The second kappa shape index (κ2) is 7.18. The number of nitrogens with zero attached hydrogens (tertiary/aromatic N) is 1. The molecule has 1 amide bonds. The molecule has 0 aliphatic carbocycles. The predicted molar refractivity (Wildman–Crippen MR) is 96.2 cm³/mol. The van der Waals surface area contributed by atoms with Gasteiger partial charge in [0.05, 0.1) is 18.0 Å². The normalized spacial score (nSPS) is 10.4. The minimum Gasteiger partial charge on any atom is -0.497 e. The number of rotatable bonds is 5. The van der Waals surface area contributed by atoms with Gasteiger partial charge in [-0.15, -0.1) is 0 Å². The van der Waals surface area contributed by atoms with E-state index in [1.165, 1.54) is 0 Å². The van der Waals surface area contributed by atoms with Gasteiger partial charge in [-0.05, 0) is 48.6 Å². The summed E-state index contributed by atoms with van der Waals surface area (Å²) < 4.78 is 11.5. The van der Waals surface area contributed by atoms with Gasteiger partial charge >= 0.3 is 0 Å². The molecule has 2 N–H and O–H groups in total. The average Bonchev–Trinajstić information content (AvgIpc) is 2.64. The van der Waals surface area contributed by atoms with Crippen LogP contribution >= 0.6 is 12.2 Å². The Morgan fingerprint density at radius 3 is 2.56 bits per heavy atom. The Labute approximate surface area is 147 Å². The summed E-state index contributed by atoms with van der Waals surface area (Å²) in [5.74, 6) is 0.686.